The van der Waals surface area contributed by atoms with E-state index in [1.807, 2.05) is 0 Å². The first-order valence-corrected chi connectivity index (χ1v) is 4.89. The molecule has 0 aliphatic carbocycles. The molecule has 0 saturated heterocycles. The van der Waals surface area contributed by atoms with Crippen LogP contribution in [-0.2, 0) is 11.2 Å². The number of para-hydroxylation sites is 1. The van der Waals surface area contributed by atoms with Gasteiger partial charge >= 0.3 is 0 Å². The number of aromatic nitrogens is 1. The van der Waals surface area contributed by atoms with Crippen LogP contribution >= 0.6 is 0 Å². The van der Waals surface area contributed by atoms with Crippen molar-refractivity contribution in [3.63, 3.8) is 0 Å². The van der Waals surface area contributed by atoms with Crippen LogP contribution in [0, 0.1) is 0 Å². The van der Waals surface area contributed by atoms with Crippen LogP contribution in [0.3, 0.4) is 0 Å². The summed E-state index contributed by atoms with van der Waals surface area (Å²) in [5.41, 5.74) is 2.55. The summed E-state index contributed by atoms with van der Waals surface area (Å²) in [6.45, 7) is 3.24. The third kappa shape index (κ3) is 3.46. The highest BCUT2D eigenvalue weighted by molar-refractivity contribution is 5.80. The van der Waals surface area contributed by atoms with Gasteiger partial charge in [0.25, 0.3) is 5.97 Å². The maximum absolute atomic E-state index is 9.00. The van der Waals surface area contributed by atoms with Gasteiger partial charge in [0.2, 0.25) is 0 Å². The summed E-state index contributed by atoms with van der Waals surface area (Å²) >= 11 is 0. The Morgan fingerprint density at radius 3 is 2.53 bits per heavy atom. The van der Waals surface area contributed by atoms with Crippen molar-refractivity contribution in [3.05, 3.63) is 36.0 Å². The number of carboxylic acids is 1. The fourth-order valence-corrected chi connectivity index (χ4v) is 1.32. The molecule has 0 saturated carbocycles. The van der Waals surface area contributed by atoms with Gasteiger partial charge in [0, 0.05) is 18.1 Å². The highest BCUT2D eigenvalue weighted by Crippen LogP contribution is 2.14. The Labute approximate surface area is 88.7 Å². The summed E-state index contributed by atoms with van der Waals surface area (Å²) in [6, 6.07) is 10.6. The minimum atomic E-state index is -0.833. The van der Waals surface area contributed by atoms with E-state index in [-0.39, 0.29) is 0 Å². The van der Waals surface area contributed by atoms with Crippen molar-refractivity contribution in [1.29, 1.82) is 0 Å². The van der Waals surface area contributed by atoms with E-state index in [9.17, 15) is 0 Å². The van der Waals surface area contributed by atoms with E-state index in [2.05, 4.69) is 42.2 Å². The molecule has 1 aromatic heterocycles. The number of hydrogen-bond donors (Lipinski definition) is 2. The summed E-state index contributed by atoms with van der Waals surface area (Å²) in [6.07, 6.45) is 1.08. The van der Waals surface area contributed by atoms with E-state index in [1.54, 1.807) is 0 Å². The van der Waals surface area contributed by atoms with Gasteiger partial charge in [0.15, 0.2) is 0 Å². The Balaban J connectivity index is 0.000000245. The molecular formula is C12H15NO2. The Hall–Kier alpha value is -1.77. The predicted molar refractivity (Wildman–Crippen MR) is 61.0 cm³/mol. The van der Waals surface area contributed by atoms with Gasteiger partial charge in [-0.25, -0.2) is 0 Å². The van der Waals surface area contributed by atoms with E-state index in [0.717, 1.165) is 13.3 Å². The van der Waals surface area contributed by atoms with E-state index in [1.165, 1.54) is 16.6 Å². The van der Waals surface area contributed by atoms with Crippen LogP contribution in [0.1, 0.15) is 19.5 Å². The van der Waals surface area contributed by atoms with Gasteiger partial charge in [0.05, 0.1) is 0 Å². The first-order valence-electron chi connectivity index (χ1n) is 4.89. The average Bonchev–Trinajstić information content (AvgIpc) is 2.59. The summed E-state index contributed by atoms with van der Waals surface area (Å²) < 4.78 is 0. The number of carbonyl (C=O) groups is 1. The first-order chi connectivity index (χ1) is 7.13. The van der Waals surface area contributed by atoms with Gasteiger partial charge in [-0.2, -0.15) is 0 Å². The van der Waals surface area contributed by atoms with Crippen LogP contribution in [0.15, 0.2) is 30.3 Å². The lowest BCUT2D eigenvalue weighted by Gasteiger charge is -1.85. The van der Waals surface area contributed by atoms with E-state index >= 15 is 0 Å². The zero-order valence-corrected chi connectivity index (χ0v) is 8.95. The van der Waals surface area contributed by atoms with E-state index < -0.39 is 5.97 Å². The molecule has 0 bridgehead atoms. The molecular weight excluding hydrogens is 190 g/mol. The van der Waals surface area contributed by atoms with Gasteiger partial charge in [-0.05, 0) is 23.9 Å². The van der Waals surface area contributed by atoms with Crippen molar-refractivity contribution >= 4 is 16.9 Å². The molecule has 0 amide bonds. The number of fused-ring (bicyclic) bond motifs is 1. The SMILES string of the molecule is CC(=O)O.CCc1cc2ccccc2[nH]1. The van der Waals surface area contributed by atoms with Gasteiger partial charge in [0.1, 0.15) is 0 Å². The minimum absolute atomic E-state index is 0.833. The number of nitrogens with one attached hydrogen (secondary N) is 1. The van der Waals surface area contributed by atoms with Crippen LogP contribution < -0.4 is 0 Å². The summed E-state index contributed by atoms with van der Waals surface area (Å²) in [4.78, 5) is 12.3. The Bertz CT molecular complexity index is 409. The van der Waals surface area contributed by atoms with Crippen LogP contribution in [0.5, 0.6) is 0 Å². The molecule has 1 aromatic carbocycles. The Kier molecular flexibility index (Phi) is 3.92. The minimum Gasteiger partial charge on any atom is -0.481 e. The van der Waals surface area contributed by atoms with Crippen molar-refractivity contribution in [2.24, 2.45) is 0 Å². The largest absolute Gasteiger partial charge is 0.481 e. The van der Waals surface area contributed by atoms with Gasteiger partial charge < -0.3 is 10.1 Å². The molecule has 0 atom stereocenters. The number of H-pyrrole nitrogens is 1. The molecule has 0 unspecified atom stereocenters. The quantitative estimate of drug-likeness (QED) is 0.752. The molecule has 2 aromatic rings. The maximum Gasteiger partial charge on any atom is 0.300 e. The molecule has 1 heterocycles. The van der Waals surface area contributed by atoms with Crippen LogP contribution in [0.2, 0.25) is 0 Å². The molecule has 2 rings (SSSR count). The molecule has 0 radical (unpaired) electrons. The first kappa shape index (κ1) is 11.3. The number of aliphatic carboxylic acids is 1. The standard InChI is InChI=1S/C10H11N.C2H4O2/c1-2-9-7-8-5-3-4-6-10(8)11-9;1-2(3)4/h3-7,11H,2H2,1H3;1H3,(H,3,4). The van der Waals surface area contributed by atoms with Crippen molar-refractivity contribution in [3.8, 4) is 0 Å². The zero-order chi connectivity index (χ0) is 11.3. The van der Waals surface area contributed by atoms with E-state index in [0.29, 0.717) is 0 Å². The molecule has 0 aliphatic heterocycles. The number of benzene rings is 1. The lowest BCUT2D eigenvalue weighted by Crippen LogP contribution is -1.78. The summed E-state index contributed by atoms with van der Waals surface area (Å²) in [5, 5.41) is 8.73. The second-order valence-electron chi connectivity index (χ2n) is 3.25. The topological polar surface area (TPSA) is 53.1 Å². The lowest BCUT2D eigenvalue weighted by atomic mass is 10.2. The average molecular weight is 205 g/mol. The highest BCUT2D eigenvalue weighted by Gasteiger charge is 1.95. The molecule has 2 N–H and O–H groups in total. The smallest absolute Gasteiger partial charge is 0.300 e. The molecule has 3 heteroatoms. The zero-order valence-electron chi connectivity index (χ0n) is 8.95. The Morgan fingerprint density at radius 1 is 1.40 bits per heavy atom. The van der Waals surface area contributed by atoms with Gasteiger partial charge in [-0.3, -0.25) is 4.79 Å². The van der Waals surface area contributed by atoms with Gasteiger partial charge in [-0.15, -0.1) is 0 Å². The third-order valence-corrected chi connectivity index (χ3v) is 1.97. The molecule has 0 fully saturated rings. The number of aromatic amines is 1. The maximum atomic E-state index is 9.00. The molecule has 0 aliphatic rings. The van der Waals surface area contributed by atoms with Crippen LogP contribution in [-0.4, -0.2) is 16.1 Å². The fourth-order valence-electron chi connectivity index (χ4n) is 1.32. The molecule has 15 heavy (non-hydrogen) atoms. The van der Waals surface area contributed by atoms with Gasteiger partial charge in [-0.1, -0.05) is 25.1 Å². The molecule has 0 spiro atoms. The number of rotatable bonds is 1. The Morgan fingerprint density at radius 2 is 2.00 bits per heavy atom. The highest BCUT2D eigenvalue weighted by atomic mass is 16.4. The second kappa shape index (κ2) is 5.20. The summed E-state index contributed by atoms with van der Waals surface area (Å²) in [7, 11) is 0. The van der Waals surface area contributed by atoms with Crippen molar-refractivity contribution in [2.75, 3.05) is 0 Å². The van der Waals surface area contributed by atoms with Crippen LogP contribution in [0.25, 0.3) is 10.9 Å². The monoisotopic (exact) mass is 205 g/mol. The van der Waals surface area contributed by atoms with Crippen molar-refractivity contribution in [1.82, 2.24) is 4.98 Å². The van der Waals surface area contributed by atoms with Crippen LogP contribution in [0.4, 0.5) is 0 Å². The number of aryl methyl sites for hydroxylation is 1. The summed E-state index contributed by atoms with van der Waals surface area (Å²) in [5.74, 6) is -0.833. The predicted octanol–water partition coefficient (Wildman–Crippen LogP) is 2.82. The van der Waals surface area contributed by atoms with E-state index in [4.69, 9.17) is 9.90 Å². The lowest BCUT2D eigenvalue weighted by molar-refractivity contribution is -0.134. The number of carboxylic acid groups (broad SMARTS) is 1. The van der Waals surface area contributed by atoms with Crippen molar-refractivity contribution < 1.29 is 9.90 Å². The third-order valence-electron chi connectivity index (χ3n) is 1.97. The number of hydrogen-bond acceptors (Lipinski definition) is 1. The normalized spacial score (nSPS) is 9.47. The molecule has 3 nitrogen and oxygen atoms in total. The van der Waals surface area contributed by atoms with Crippen molar-refractivity contribution in [2.45, 2.75) is 20.3 Å². The molecule has 80 valence electrons. The second-order valence-corrected chi connectivity index (χ2v) is 3.25. The fraction of sp³-hybridized carbons (Fsp3) is 0.250.